The van der Waals surface area contributed by atoms with Gasteiger partial charge in [0.1, 0.15) is 0 Å². The van der Waals surface area contributed by atoms with Crippen LogP contribution in [0.5, 0.6) is 0 Å². The van der Waals surface area contributed by atoms with Gasteiger partial charge in [0.2, 0.25) is 0 Å². The van der Waals surface area contributed by atoms with Crippen molar-refractivity contribution in [3.8, 4) is 0 Å². The summed E-state index contributed by atoms with van der Waals surface area (Å²) in [6, 6.07) is 0. The van der Waals surface area contributed by atoms with Crippen LogP contribution < -0.4 is 0 Å². The van der Waals surface area contributed by atoms with Crippen molar-refractivity contribution < 1.29 is 40.6 Å². The van der Waals surface area contributed by atoms with Crippen molar-refractivity contribution in [1.82, 2.24) is 0 Å². The Morgan fingerprint density at radius 1 is 0.600 bits per heavy atom. The van der Waals surface area contributed by atoms with Crippen molar-refractivity contribution in [2.24, 2.45) is 0 Å². The molecular formula is C28H56MoO6. The van der Waals surface area contributed by atoms with Crippen LogP contribution in [0.2, 0.25) is 0 Å². The van der Waals surface area contributed by atoms with Gasteiger partial charge < -0.3 is 4.74 Å². The van der Waals surface area contributed by atoms with Crippen LogP contribution in [0.1, 0.15) is 155 Å². The van der Waals surface area contributed by atoms with Crippen molar-refractivity contribution in [3.05, 3.63) is 12.2 Å². The van der Waals surface area contributed by atoms with E-state index in [0.29, 0.717) is 13.0 Å². The summed E-state index contributed by atoms with van der Waals surface area (Å²) in [5.74, 6) is 0.00979. The normalized spacial score (nSPS) is 11.4. The van der Waals surface area contributed by atoms with Crippen molar-refractivity contribution >= 4 is 5.97 Å². The van der Waals surface area contributed by atoms with Gasteiger partial charge in [-0.1, -0.05) is 122 Å². The van der Waals surface area contributed by atoms with E-state index in [1.807, 2.05) is 0 Å². The molecule has 0 aliphatic carbocycles. The molecule has 0 aromatic rings. The molecule has 0 aromatic heterocycles. The third-order valence-corrected chi connectivity index (χ3v) is 5.90. The second-order valence-electron chi connectivity index (χ2n) is 9.48. The fourth-order valence-electron chi connectivity index (χ4n) is 3.83. The van der Waals surface area contributed by atoms with E-state index in [1.54, 1.807) is 0 Å². The molecule has 0 unspecified atom stereocenters. The van der Waals surface area contributed by atoms with Crippen LogP contribution in [0, 0.1) is 0 Å². The molecule has 2 N–H and O–H groups in total. The van der Waals surface area contributed by atoms with Gasteiger partial charge in [0.05, 0.1) is 6.61 Å². The van der Waals surface area contributed by atoms with Crippen LogP contribution in [-0.2, 0) is 33.1 Å². The number of rotatable bonds is 24. The number of hydrogen-bond acceptors (Lipinski definition) is 4. The van der Waals surface area contributed by atoms with E-state index < -0.39 is 16.7 Å². The monoisotopic (exact) mass is 586 g/mol. The van der Waals surface area contributed by atoms with E-state index in [0.717, 1.165) is 19.3 Å². The number of unbranched alkanes of at least 4 members (excludes halogenated alkanes) is 18. The summed E-state index contributed by atoms with van der Waals surface area (Å²) in [4.78, 5) is 11.8. The number of ether oxygens (including phenoxy) is 1. The molecule has 0 radical (unpaired) electrons. The maximum atomic E-state index is 11.8. The summed E-state index contributed by atoms with van der Waals surface area (Å²) in [6.45, 7) is 5.15. The molecule has 0 fully saturated rings. The van der Waals surface area contributed by atoms with Crippen LogP contribution in [0.15, 0.2) is 12.2 Å². The molecule has 0 atom stereocenters. The molecule has 0 saturated heterocycles. The number of allylic oxidation sites excluding steroid dienone is 2. The molecule has 0 aliphatic heterocycles. The topological polar surface area (TPSA) is 101 Å². The predicted molar refractivity (Wildman–Crippen MR) is 139 cm³/mol. The zero-order valence-corrected chi connectivity index (χ0v) is 24.9. The summed E-state index contributed by atoms with van der Waals surface area (Å²) in [5, 5.41) is 0. The minimum atomic E-state index is -5.52. The number of carbonyl (C=O) groups excluding carboxylic acids is 1. The van der Waals surface area contributed by atoms with E-state index >= 15 is 0 Å². The quantitative estimate of drug-likeness (QED) is 0.0512. The van der Waals surface area contributed by atoms with Crippen molar-refractivity contribution in [2.75, 3.05) is 6.61 Å². The second kappa shape index (κ2) is 29.6. The molecule has 210 valence electrons. The van der Waals surface area contributed by atoms with Gasteiger partial charge in [0.15, 0.2) is 0 Å². The first-order valence-electron chi connectivity index (χ1n) is 14.3. The van der Waals surface area contributed by atoms with Crippen LogP contribution >= 0.6 is 0 Å². The van der Waals surface area contributed by atoms with Gasteiger partial charge in [-0.15, -0.1) is 0 Å². The molecule has 0 saturated carbocycles. The van der Waals surface area contributed by atoms with Gasteiger partial charge in [-0.2, -0.15) is 0 Å². The van der Waals surface area contributed by atoms with E-state index in [1.165, 1.54) is 116 Å². The summed E-state index contributed by atoms with van der Waals surface area (Å²) in [7, 11) is 0. The molecule has 0 rings (SSSR count). The van der Waals surface area contributed by atoms with Gasteiger partial charge in [-0.05, 0) is 38.5 Å². The number of carbonyl (C=O) groups is 1. The first kappa shape index (κ1) is 36.6. The van der Waals surface area contributed by atoms with E-state index in [2.05, 4.69) is 26.0 Å². The fourth-order valence-corrected chi connectivity index (χ4v) is 3.83. The Hall–Kier alpha value is -0.582. The van der Waals surface area contributed by atoms with Crippen LogP contribution in [0.3, 0.4) is 0 Å². The molecule has 35 heavy (non-hydrogen) atoms. The third kappa shape index (κ3) is 43.9. The van der Waals surface area contributed by atoms with E-state index in [4.69, 9.17) is 19.1 Å². The van der Waals surface area contributed by atoms with Crippen LogP contribution in [-0.4, -0.2) is 20.1 Å². The molecule has 0 spiro atoms. The Labute approximate surface area is 220 Å². The summed E-state index contributed by atoms with van der Waals surface area (Å²) >= 11 is -5.52. The summed E-state index contributed by atoms with van der Waals surface area (Å²) in [6.07, 6.45) is 32.4. The Morgan fingerprint density at radius 2 is 0.943 bits per heavy atom. The first-order chi connectivity index (χ1) is 16.8. The number of hydrogen-bond donors (Lipinski definition) is 2. The SMILES string of the molecule is CCCCCCCC/C=C\CCCCCCCC(=O)OCCCCCCCCCC.[O]=[Mo](=[O])([OH])[OH]. The van der Waals surface area contributed by atoms with Gasteiger partial charge in [-0.3, -0.25) is 4.79 Å². The molecule has 0 aliphatic rings. The Kier molecular flexibility index (Phi) is 31.0. The summed E-state index contributed by atoms with van der Waals surface area (Å²) < 4.78 is 37.4. The van der Waals surface area contributed by atoms with Gasteiger partial charge in [0, 0.05) is 6.42 Å². The number of esters is 1. The maximum absolute atomic E-state index is 11.8. The molecule has 7 heteroatoms. The second-order valence-corrected chi connectivity index (χ2v) is 11.7. The Bertz CT molecular complexity index is 552. The van der Waals surface area contributed by atoms with Gasteiger partial charge in [-0.25, -0.2) is 0 Å². The van der Waals surface area contributed by atoms with Gasteiger partial charge >= 0.3 is 37.0 Å². The molecule has 0 heterocycles. The first-order valence-corrected chi connectivity index (χ1v) is 17.7. The van der Waals surface area contributed by atoms with Crippen LogP contribution in [0.4, 0.5) is 0 Å². The van der Waals surface area contributed by atoms with E-state index in [9.17, 15) is 4.79 Å². The zero-order chi connectivity index (χ0) is 26.5. The predicted octanol–water partition coefficient (Wildman–Crippen LogP) is 8.35. The molecular weight excluding hydrogens is 528 g/mol. The summed E-state index contributed by atoms with van der Waals surface area (Å²) in [5.41, 5.74) is 0. The van der Waals surface area contributed by atoms with Crippen molar-refractivity contribution in [1.29, 1.82) is 0 Å². The fraction of sp³-hybridized carbons (Fsp3) is 0.893. The van der Waals surface area contributed by atoms with E-state index in [-0.39, 0.29) is 5.97 Å². The van der Waals surface area contributed by atoms with Gasteiger partial charge in [0.25, 0.3) is 0 Å². The van der Waals surface area contributed by atoms with Crippen LogP contribution in [0.25, 0.3) is 0 Å². The molecule has 0 bridgehead atoms. The third-order valence-electron chi connectivity index (χ3n) is 5.90. The van der Waals surface area contributed by atoms with Crippen molar-refractivity contribution in [2.45, 2.75) is 155 Å². The zero-order valence-electron chi connectivity index (χ0n) is 22.9. The Morgan fingerprint density at radius 3 is 1.37 bits per heavy atom. The van der Waals surface area contributed by atoms with Crippen molar-refractivity contribution in [3.63, 3.8) is 0 Å². The minimum absolute atomic E-state index is 0.00979. The Balaban J connectivity index is 0. The molecule has 6 nitrogen and oxygen atoms in total. The average Bonchev–Trinajstić information content (AvgIpc) is 2.79. The standard InChI is InChI=1S/C28H54O2.Mo.2H2O.2O/c1-3-5-7-9-11-13-14-15-16-17-18-19-20-22-24-26-28(29)30-27-25-23-21-12-10-8-6-4-2;;;;;/h15-16H,3-14,17-27H2,1-2H3;;2*1H2;;/q;+2;;;;/p-2/b16-15-;;;;;. The molecule has 0 aromatic carbocycles. The average molecular weight is 585 g/mol. The molecule has 0 amide bonds.